The molecule has 13 heavy (non-hydrogen) atoms. The molecule has 0 saturated carbocycles. The smallest absolute Gasteiger partial charge is 0.298 e. The van der Waals surface area contributed by atoms with Crippen LogP contribution in [0.25, 0.3) is 0 Å². The van der Waals surface area contributed by atoms with Crippen LogP contribution in [0.2, 0.25) is 5.02 Å². The Labute approximate surface area is 80.5 Å². The van der Waals surface area contributed by atoms with E-state index in [2.05, 4.69) is 0 Å². The van der Waals surface area contributed by atoms with Crippen LogP contribution in [0.3, 0.4) is 0 Å². The second kappa shape index (κ2) is 3.17. The highest BCUT2D eigenvalue weighted by Crippen LogP contribution is 2.30. The Kier molecular flexibility index (Phi) is 2.51. The molecule has 0 aliphatic carbocycles. The Morgan fingerprint density at radius 1 is 1.38 bits per heavy atom. The van der Waals surface area contributed by atoms with Crippen LogP contribution in [0.1, 0.15) is 5.56 Å². The van der Waals surface area contributed by atoms with E-state index in [0.717, 1.165) is 6.07 Å². The predicted octanol–water partition coefficient (Wildman–Crippen LogP) is 1.60. The largest absolute Gasteiger partial charge is 0.506 e. The molecule has 0 atom stereocenters. The van der Waals surface area contributed by atoms with Crippen LogP contribution in [0.15, 0.2) is 17.0 Å². The van der Waals surface area contributed by atoms with Gasteiger partial charge >= 0.3 is 0 Å². The second-order valence-corrected chi connectivity index (χ2v) is 4.26. The maximum absolute atomic E-state index is 10.8. The van der Waals surface area contributed by atoms with Crippen molar-refractivity contribution in [2.24, 2.45) is 0 Å². The lowest BCUT2D eigenvalue weighted by molar-refractivity contribution is 0.442. The molecule has 0 bridgehead atoms. The summed E-state index contributed by atoms with van der Waals surface area (Å²) in [5.41, 5.74) is 0.129. The van der Waals surface area contributed by atoms with Gasteiger partial charge in [-0.3, -0.25) is 4.55 Å². The molecule has 72 valence electrons. The van der Waals surface area contributed by atoms with Crippen molar-refractivity contribution in [3.8, 4) is 5.75 Å². The number of rotatable bonds is 1. The Morgan fingerprint density at radius 2 is 1.92 bits per heavy atom. The maximum atomic E-state index is 10.8. The summed E-state index contributed by atoms with van der Waals surface area (Å²) in [5, 5.41) is 9.33. The fraction of sp³-hybridized carbons (Fsp3) is 0.143. The molecular weight excluding hydrogens is 216 g/mol. The van der Waals surface area contributed by atoms with Crippen molar-refractivity contribution in [1.82, 2.24) is 0 Å². The fourth-order valence-corrected chi connectivity index (χ4v) is 2.02. The first-order chi connectivity index (χ1) is 5.84. The summed E-state index contributed by atoms with van der Waals surface area (Å²) in [7, 11) is -4.42. The molecule has 0 aromatic heterocycles. The molecule has 0 heterocycles. The third kappa shape index (κ3) is 1.93. The van der Waals surface area contributed by atoms with Crippen molar-refractivity contribution in [1.29, 1.82) is 0 Å². The monoisotopic (exact) mass is 222 g/mol. The summed E-state index contributed by atoms with van der Waals surface area (Å²) >= 11 is 5.61. The topological polar surface area (TPSA) is 74.6 Å². The Balaban J connectivity index is 3.62. The van der Waals surface area contributed by atoms with Crippen molar-refractivity contribution in [2.75, 3.05) is 0 Å². The summed E-state index contributed by atoms with van der Waals surface area (Å²) < 4.78 is 30.3. The quantitative estimate of drug-likeness (QED) is 0.708. The zero-order valence-corrected chi connectivity index (χ0v) is 8.22. The lowest BCUT2D eigenvalue weighted by Crippen LogP contribution is -2.01. The Morgan fingerprint density at radius 3 is 2.31 bits per heavy atom. The minimum Gasteiger partial charge on any atom is -0.506 e. The molecule has 0 radical (unpaired) electrons. The predicted molar refractivity (Wildman–Crippen MR) is 47.7 cm³/mol. The molecule has 0 aliphatic heterocycles. The van der Waals surface area contributed by atoms with Gasteiger partial charge in [0.15, 0.2) is 0 Å². The summed E-state index contributed by atoms with van der Waals surface area (Å²) in [6, 6.07) is 2.46. The highest BCUT2D eigenvalue weighted by Gasteiger charge is 2.19. The van der Waals surface area contributed by atoms with Gasteiger partial charge in [-0.1, -0.05) is 11.6 Å². The molecule has 1 aromatic carbocycles. The SMILES string of the molecule is Cc1c(Cl)ccc(O)c1S(=O)(=O)O. The molecule has 6 heteroatoms. The van der Waals surface area contributed by atoms with Gasteiger partial charge in [0.05, 0.1) is 0 Å². The summed E-state index contributed by atoms with van der Waals surface area (Å²) in [4.78, 5) is -0.542. The molecular formula is C7H7ClO4S. The van der Waals surface area contributed by atoms with Gasteiger partial charge in [0, 0.05) is 5.02 Å². The van der Waals surface area contributed by atoms with Crippen LogP contribution >= 0.6 is 11.6 Å². The van der Waals surface area contributed by atoms with Gasteiger partial charge < -0.3 is 5.11 Å². The standard InChI is InChI=1S/C7H7ClO4S/c1-4-5(8)2-3-6(9)7(4)13(10,11)12/h2-3,9H,1H3,(H,10,11,12). The number of phenolic OH excluding ortho intramolecular Hbond substituents is 1. The number of hydrogen-bond donors (Lipinski definition) is 2. The third-order valence-corrected chi connectivity index (χ3v) is 3.02. The third-order valence-electron chi connectivity index (χ3n) is 1.58. The minimum absolute atomic E-state index is 0.129. The van der Waals surface area contributed by atoms with E-state index in [-0.39, 0.29) is 10.6 Å². The van der Waals surface area contributed by atoms with E-state index in [1.54, 1.807) is 0 Å². The van der Waals surface area contributed by atoms with Crippen LogP contribution in [0, 0.1) is 6.92 Å². The average Bonchev–Trinajstić information content (AvgIpc) is 1.95. The molecule has 4 nitrogen and oxygen atoms in total. The molecule has 0 aliphatic rings. The first kappa shape index (κ1) is 10.3. The van der Waals surface area contributed by atoms with E-state index in [0.29, 0.717) is 0 Å². The number of hydrogen-bond acceptors (Lipinski definition) is 3. The molecule has 0 unspecified atom stereocenters. The highest BCUT2D eigenvalue weighted by atomic mass is 35.5. The van der Waals surface area contributed by atoms with E-state index in [1.807, 2.05) is 0 Å². The molecule has 1 rings (SSSR count). The van der Waals surface area contributed by atoms with Crippen molar-refractivity contribution >= 4 is 21.7 Å². The van der Waals surface area contributed by atoms with E-state index < -0.39 is 20.8 Å². The van der Waals surface area contributed by atoms with Crippen LogP contribution in [0.4, 0.5) is 0 Å². The zero-order chi connectivity index (χ0) is 10.2. The molecule has 0 amide bonds. The number of phenols is 1. The van der Waals surface area contributed by atoms with Gasteiger partial charge in [0.1, 0.15) is 10.6 Å². The van der Waals surface area contributed by atoms with Crippen molar-refractivity contribution < 1.29 is 18.1 Å². The summed E-state index contributed by atoms with van der Waals surface area (Å²) in [6.07, 6.45) is 0. The average molecular weight is 223 g/mol. The maximum Gasteiger partial charge on any atom is 0.298 e. The number of benzene rings is 1. The van der Waals surface area contributed by atoms with Gasteiger partial charge in [0.2, 0.25) is 0 Å². The Hall–Kier alpha value is -0.780. The number of aromatic hydroxyl groups is 1. The first-order valence-corrected chi connectivity index (χ1v) is 5.11. The van der Waals surface area contributed by atoms with Crippen LogP contribution < -0.4 is 0 Å². The van der Waals surface area contributed by atoms with Gasteiger partial charge in [0.25, 0.3) is 10.1 Å². The van der Waals surface area contributed by atoms with Crippen molar-refractivity contribution in [3.63, 3.8) is 0 Å². The first-order valence-electron chi connectivity index (χ1n) is 3.29. The van der Waals surface area contributed by atoms with Gasteiger partial charge in [-0.15, -0.1) is 0 Å². The van der Waals surface area contributed by atoms with Crippen molar-refractivity contribution in [2.45, 2.75) is 11.8 Å². The van der Waals surface area contributed by atoms with Gasteiger partial charge in [-0.25, -0.2) is 0 Å². The van der Waals surface area contributed by atoms with E-state index in [4.69, 9.17) is 21.3 Å². The lowest BCUT2D eigenvalue weighted by atomic mass is 10.2. The van der Waals surface area contributed by atoms with Gasteiger partial charge in [-0.2, -0.15) is 8.42 Å². The molecule has 0 saturated heterocycles. The van der Waals surface area contributed by atoms with Crippen LogP contribution in [0.5, 0.6) is 5.75 Å². The molecule has 1 aromatic rings. The van der Waals surface area contributed by atoms with E-state index in [9.17, 15) is 8.42 Å². The zero-order valence-electron chi connectivity index (χ0n) is 6.65. The van der Waals surface area contributed by atoms with Gasteiger partial charge in [-0.05, 0) is 24.6 Å². The fourth-order valence-electron chi connectivity index (χ4n) is 0.979. The lowest BCUT2D eigenvalue weighted by Gasteiger charge is -2.05. The summed E-state index contributed by atoms with van der Waals surface area (Å²) in [6.45, 7) is 1.39. The summed E-state index contributed by atoms with van der Waals surface area (Å²) in [5.74, 6) is -0.510. The molecule has 2 N–H and O–H groups in total. The van der Waals surface area contributed by atoms with Crippen LogP contribution in [-0.4, -0.2) is 18.1 Å². The molecule has 0 fully saturated rings. The highest BCUT2D eigenvalue weighted by molar-refractivity contribution is 7.86. The van der Waals surface area contributed by atoms with E-state index >= 15 is 0 Å². The molecule has 0 spiro atoms. The number of halogens is 1. The minimum atomic E-state index is -4.42. The normalized spacial score (nSPS) is 11.6. The Bertz CT molecular complexity index is 438. The second-order valence-electron chi connectivity index (χ2n) is 2.50. The van der Waals surface area contributed by atoms with E-state index in [1.165, 1.54) is 13.0 Å². The van der Waals surface area contributed by atoms with Crippen LogP contribution in [-0.2, 0) is 10.1 Å². The van der Waals surface area contributed by atoms with Crippen molar-refractivity contribution in [3.05, 3.63) is 22.7 Å².